The zero-order valence-corrected chi connectivity index (χ0v) is 12.3. The fraction of sp³-hybridized carbons (Fsp3) is 0.188. The predicted molar refractivity (Wildman–Crippen MR) is 80.9 cm³/mol. The fourth-order valence-corrected chi connectivity index (χ4v) is 2.58. The second-order valence-electron chi connectivity index (χ2n) is 5.33. The quantitative estimate of drug-likeness (QED) is 0.701. The normalized spacial score (nSPS) is 11.3. The lowest BCUT2D eigenvalue weighted by molar-refractivity contribution is 0.0695. The number of carbonyl (C=O) groups is 1. The summed E-state index contributed by atoms with van der Waals surface area (Å²) < 4.78 is 15.4. The summed E-state index contributed by atoms with van der Waals surface area (Å²) in [5.74, 6) is -1.67. The van der Waals surface area contributed by atoms with E-state index in [4.69, 9.17) is 5.11 Å². The van der Waals surface area contributed by atoms with Crippen molar-refractivity contribution in [2.75, 3.05) is 0 Å². The summed E-state index contributed by atoms with van der Waals surface area (Å²) in [4.78, 5) is 27.9. The molecule has 3 rings (SSSR count). The van der Waals surface area contributed by atoms with Crippen molar-refractivity contribution in [2.45, 2.75) is 13.8 Å². The van der Waals surface area contributed by atoms with E-state index in [0.717, 1.165) is 0 Å². The third-order valence-corrected chi connectivity index (χ3v) is 3.97. The molecule has 5 nitrogen and oxygen atoms in total. The Hall–Kier alpha value is -2.76. The Labute approximate surface area is 124 Å². The molecule has 0 spiro atoms. The Balaban J connectivity index is 2.56. The zero-order valence-electron chi connectivity index (χ0n) is 12.3. The molecule has 0 aliphatic rings. The van der Waals surface area contributed by atoms with Crippen LogP contribution < -0.4 is 5.43 Å². The summed E-state index contributed by atoms with van der Waals surface area (Å²) in [5.41, 5.74) is 1.23. The van der Waals surface area contributed by atoms with Gasteiger partial charge in [0.1, 0.15) is 17.0 Å². The Morgan fingerprint density at radius 2 is 1.95 bits per heavy atom. The van der Waals surface area contributed by atoms with Crippen molar-refractivity contribution >= 4 is 27.9 Å². The molecule has 0 aliphatic heterocycles. The maximum atomic E-state index is 13.9. The number of fused-ring (bicyclic) bond motifs is 2. The number of aryl methyl sites for hydroxylation is 2. The maximum Gasteiger partial charge on any atom is 0.341 e. The van der Waals surface area contributed by atoms with Gasteiger partial charge in [-0.3, -0.25) is 4.79 Å². The van der Waals surface area contributed by atoms with Crippen LogP contribution in [0.5, 0.6) is 0 Å². The van der Waals surface area contributed by atoms with E-state index in [1.807, 2.05) is 0 Å². The first-order valence-corrected chi connectivity index (χ1v) is 6.64. The molecule has 1 N–H and O–H groups in total. The van der Waals surface area contributed by atoms with Crippen molar-refractivity contribution in [2.24, 2.45) is 7.05 Å². The summed E-state index contributed by atoms with van der Waals surface area (Å²) >= 11 is 0. The summed E-state index contributed by atoms with van der Waals surface area (Å²) in [6.45, 7) is 3.44. The molecule has 0 fully saturated rings. The molecule has 2 heterocycles. The van der Waals surface area contributed by atoms with Crippen LogP contribution >= 0.6 is 0 Å². The third-order valence-electron chi connectivity index (χ3n) is 3.97. The van der Waals surface area contributed by atoms with Gasteiger partial charge in [-0.05, 0) is 37.1 Å². The molecule has 1 aromatic carbocycles. The van der Waals surface area contributed by atoms with Gasteiger partial charge in [0.2, 0.25) is 5.43 Å². The highest BCUT2D eigenvalue weighted by molar-refractivity contribution is 5.97. The number of halogens is 1. The van der Waals surface area contributed by atoms with Gasteiger partial charge in [0.05, 0.1) is 10.9 Å². The summed E-state index contributed by atoms with van der Waals surface area (Å²) in [5, 5.41) is 9.74. The molecule has 0 saturated heterocycles. The molecule has 0 aliphatic carbocycles. The molecule has 0 radical (unpaired) electrons. The van der Waals surface area contributed by atoms with Crippen LogP contribution in [0.1, 0.15) is 21.5 Å². The van der Waals surface area contributed by atoms with E-state index in [1.54, 1.807) is 20.9 Å². The first-order valence-electron chi connectivity index (χ1n) is 6.64. The summed E-state index contributed by atoms with van der Waals surface area (Å²) in [6.07, 6.45) is 1.25. The number of benzene rings is 1. The Bertz CT molecular complexity index is 1020. The van der Waals surface area contributed by atoms with E-state index >= 15 is 0 Å². The van der Waals surface area contributed by atoms with Crippen molar-refractivity contribution in [1.29, 1.82) is 0 Å². The van der Waals surface area contributed by atoms with Crippen molar-refractivity contribution < 1.29 is 14.3 Å². The van der Waals surface area contributed by atoms with Crippen LogP contribution in [0.15, 0.2) is 23.1 Å². The highest BCUT2D eigenvalue weighted by atomic mass is 19.1. The predicted octanol–water partition coefficient (Wildman–Crippen LogP) is 2.54. The number of carboxylic acids is 1. The molecule has 0 amide bonds. The van der Waals surface area contributed by atoms with Gasteiger partial charge in [0.25, 0.3) is 0 Å². The van der Waals surface area contributed by atoms with E-state index in [0.29, 0.717) is 27.7 Å². The van der Waals surface area contributed by atoms with Gasteiger partial charge in [0.15, 0.2) is 0 Å². The SMILES string of the molecule is Cc1c(F)cc2cc3c(=O)c(C(=O)O)cn(C)c3nc2c1C. The van der Waals surface area contributed by atoms with Crippen LogP contribution in [0.4, 0.5) is 4.39 Å². The minimum Gasteiger partial charge on any atom is -0.477 e. The van der Waals surface area contributed by atoms with E-state index in [-0.39, 0.29) is 16.8 Å². The molecule has 2 aromatic heterocycles. The lowest BCUT2D eigenvalue weighted by Gasteiger charge is -2.11. The second kappa shape index (κ2) is 4.62. The maximum absolute atomic E-state index is 13.9. The van der Waals surface area contributed by atoms with Gasteiger partial charge < -0.3 is 9.67 Å². The number of nitrogens with zero attached hydrogens (tertiary/aromatic N) is 2. The molecule has 112 valence electrons. The first kappa shape index (κ1) is 14.2. The monoisotopic (exact) mass is 300 g/mol. The molecule has 0 bridgehead atoms. The topological polar surface area (TPSA) is 72.2 Å². The third kappa shape index (κ3) is 1.88. The average molecular weight is 300 g/mol. The number of hydrogen-bond acceptors (Lipinski definition) is 3. The summed E-state index contributed by atoms with van der Waals surface area (Å²) in [6, 6.07) is 2.82. The number of rotatable bonds is 1. The molecule has 6 heteroatoms. The largest absolute Gasteiger partial charge is 0.477 e. The number of hydrogen-bond donors (Lipinski definition) is 1. The lowest BCUT2D eigenvalue weighted by Crippen LogP contribution is -2.18. The van der Waals surface area contributed by atoms with Crippen LogP contribution in [0.3, 0.4) is 0 Å². The summed E-state index contributed by atoms with van der Waals surface area (Å²) in [7, 11) is 1.62. The number of aromatic carboxylic acids is 1. The Kier molecular flexibility index (Phi) is 2.98. The molecule has 0 unspecified atom stereocenters. The van der Waals surface area contributed by atoms with Crippen LogP contribution in [0, 0.1) is 19.7 Å². The smallest absolute Gasteiger partial charge is 0.341 e. The van der Waals surface area contributed by atoms with E-state index in [1.165, 1.54) is 22.9 Å². The van der Waals surface area contributed by atoms with Gasteiger partial charge in [-0.15, -0.1) is 0 Å². The van der Waals surface area contributed by atoms with E-state index < -0.39 is 11.4 Å². The number of carboxylic acid groups (broad SMARTS) is 1. The molecular formula is C16H13FN2O3. The Morgan fingerprint density at radius 3 is 2.59 bits per heavy atom. The molecule has 0 saturated carbocycles. The molecule has 3 aromatic rings. The number of pyridine rings is 2. The van der Waals surface area contributed by atoms with Crippen molar-refractivity contribution in [3.8, 4) is 0 Å². The first-order chi connectivity index (χ1) is 10.3. The van der Waals surface area contributed by atoms with Crippen molar-refractivity contribution in [3.05, 3.63) is 51.1 Å². The van der Waals surface area contributed by atoms with Crippen LogP contribution in [-0.4, -0.2) is 20.6 Å². The van der Waals surface area contributed by atoms with Crippen LogP contribution in [0.2, 0.25) is 0 Å². The van der Waals surface area contributed by atoms with Gasteiger partial charge in [-0.1, -0.05) is 0 Å². The molecular weight excluding hydrogens is 287 g/mol. The minimum atomic E-state index is -1.30. The van der Waals surface area contributed by atoms with E-state index in [9.17, 15) is 14.0 Å². The van der Waals surface area contributed by atoms with Crippen LogP contribution in [0.25, 0.3) is 21.9 Å². The minimum absolute atomic E-state index is 0.164. The highest BCUT2D eigenvalue weighted by Gasteiger charge is 2.16. The van der Waals surface area contributed by atoms with Crippen LogP contribution in [-0.2, 0) is 7.05 Å². The molecule has 22 heavy (non-hydrogen) atoms. The Morgan fingerprint density at radius 1 is 1.27 bits per heavy atom. The van der Waals surface area contributed by atoms with Gasteiger partial charge in [0, 0.05) is 18.6 Å². The van der Waals surface area contributed by atoms with Crippen molar-refractivity contribution in [1.82, 2.24) is 9.55 Å². The van der Waals surface area contributed by atoms with Gasteiger partial charge >= 0.3 is 5.97 Å². The standard InChI is InChI=1S/C16H13FN2O3/c1-7-8(2)13-9(5-12(7)17)4-10-14(20)11(16(21)22)6-19(3)15(10)18-13/h4-6H,1-3H3,(H,21,22). The van der Waals surface area contributed by atoms with E-state index in [2.05, 4.69) is 4.98 Å². The highest BCUT2D eigenvalue weighted by Crippen LogP contribution is 2.25. The number of aromatic nitrogens is 2. The fourth-order valence-electron chi connectivity index (χ4n) is 2.58. The van der Waals surface area contributed by atoms with Crippen molar-refractivity contribution in [3.63, 3.8) is 0 Å². The second-order valence-corrected chi connectivity index (χ2v) is 5.33. The lowest BCUT2D eigenvalue weighted by atomic mass is 10.0. The zero-order chi connectivity index (χ0) is 16.2. The van der Waals surface area contributed by atoms with Gasteiger partial charge in [-0.25, -0.2) is 14.2 Å². The molecule has 0 atom stereocenters. The van der Waals surface area contributed by atoms with Gasteiger partial charge in [-0.2, -0.15) is 0 Å². The average Bonchev–Trinajstić information content (AvgIpc) is 2.47.